The van der Waals surface area contributed by atoms with Gasteiger partial charge in [-0.15, -0.1) is 0 Å². The molecule has 0 saturated carbocycles. The topological polar surface area (TPSA) is 111 Å². The third-order valence-corrected chi connectivity index (χ3v) is 12.8. The summed E-state index contributed by atoms with van der Waals surface area (Å²) in [5, 5.41) is 0. The van der Waals surface area contributed by atoms with Gasteiger partial charge in [-0.25, -0.2) is 0 Å². The Bertz CT molecular complexity index is 1260. The van der Waals surface area contributed by atoms with Gasteiger partial charge in [0.25, 0.3) is 7.82 Å². The van der Waals surface area contributed by atoms with E-state index in [1.54, 1.807) is 0 Å². The molecule has 10 heteroatoms. The van der Waals surface area contributed by atoms with Crippen molar-refractivity contribution in [2.24, 2.45) is 0 Å². The minimum Gasteiger partial charge on any atom is -0.756 e. The zero-order valence-electron chi connectivity index (χ0n) is 43.6. The molecular weight excluding hydrogens is 846 g/mol. The standard InChI is InChI=1S/C56H104NO8P/c1-6-8-10-12-14-16-18-20-22-24-25-26-27-28-29-30-31-33-35-37-39-41-43-45-47-49-56(59)65-54(53-64-66(60,61)63-51-50-57(3,4)5)52-62-55(58)48-46-44-42-40-38-36-34-32-23-21-19-17-15-13-11-9-7-2/h8,10,14,16,20,22,25-26,54H,6-7,9,11-13,15,17-19,21,23-24,27-53H2,1-5H3/b10-8-,16-14-,22-20-,26-25-. The second-order valence-electron chi connectivity index (χ2n) is 19.6. The van der Waals surface area contributed by atoms with Gasteiger partial charge in [0.2, 0.25) is 0 Å². The van der Waals surface area contributed by atoms with Gasteiger partial charge in [-0.3, -0.25) is 14.2 Å². The molecule has 0 aromatic carbocycles. The van der Waals surface area contributed by atoms with Gasteiger partial charge < -0.3 is 27.9 Å². The molecule has 2 unspecified atom stereocenters. The number of rotatable bonds is 50. The number of ether oxygens (including phenoxy) is 2. The predicted octanol–water partition coefficient (Wildman–Crippen LogP) is 16.0. The number of hydrogen-bond acceptors (Lipinski definition) is 8. The van der Waals surface area contributed by atoms with E-state index in [1.165, 1.54) is 148 Å². The monoisotopic (exact) mass is 950 g/mol. The first-order valence-corrected chi connectivity index (χ1v) is 28.8. The van der Waals surface area contributed by atoms with Crippen LogP contribution in [0.4, 0.5) is 0 Å². The van der Waals surface area contributed by atoms with E-state index in [0.29, 0.717) is 17.4 Å². The third kappa shape index (κ3) is 51.4. The number of nitrogens with zero attached hydrogens (tertiary/aromatic N) is 1. The van der Waals surface area contributed by atoms with Gasteiger partial charge in [0.05, 0.1) is 27.7 Å². The van der Waals surface area contributed by atoms with Crippen LogP contribution in [-0.4, -0.2) is 70.0 Å². The highest BCUT2D eigenvalue weighted by Crippen LogP contribution is 2.38. The fourth-order valence-corrected chi connectivity index (χ4v) is 8.38. The van der Waals surface area contributed by atoms with E-state index in [-0.39, 0.29) is 32.0 Å². The lowest BCUT2D eigenvalue weighted by Gasteiger charge is -2.28. The number of carbonyl (C=O) groups excluding carboxylic acids is 2. The smallest absolute Gasteiger partial charge is 0.306 e. The highest BCUT2D eigenvalue weighted by atomic mass is 31.2. The summed E-state index contributed by atoms with van der Waals surface area (Å²) in [6, 6.07) is 0. The number of carbonyl (C=O) groups is 2. The van der Waals surface area contributed by atoms with Crippen molar-refractivity contribution in [1.82, 2.24) is 0 Å². The average molecular weight is 950 g/mol. The average Bonchev–Trinajstić information content (AvgIpc) is 3.27. The van der Waals surface area contributed by atoms with Crippen LogP contribution in [0.3, 0.4) is 0 Å². The first-order chi connectivity index (χ1) is 32.0. The van der Waals surface area contributed by atoms with Gasteiger partial charge in [-0.05, 0) is 51.4 Å². The van der Waals surface area contributed by atoms with Gasteiger partial charge >= 0.3 is 11.9 Å². The van der Waals surface area contributed by atoms with Crippen LogP contribution in [0.15, 0.2) is 48.6 Å². The van der Waals surface area contributed by atoms with Gasteiger partial charge in [-0.2, -0.15) is 0 Å². The van der Waals surface area contributed by atoms with Crippen molar-refractivity contribution in [1.29, 1.82) is 0 Å². The van der Waals surface area contributed by atoms with Crippen LogP contribution in [0.1, 0.15) is 245 Å². The second-order valence-corrected chi connectivity index (χ2v) is 21.0. The summed E-state index contributed by atoms with van der Waals surface area (Å²) in [5.41, 5.74) is 0. The quantitative estimate of drug-likeness (QED) is 0.0195. The first-order valence-electron chi connectivity index (χ1n) is 27.3. The van der Waals surface area contributed by atoms with E-state index in [1.807, 2.05) is 21.1 Å². The number of phosphoric ester groups is 1. The molecule has 0 heterocycles. The molecule has 0 amide bonds. The largest absolute Gasteiger partial charge is 0.756 e. The fourth-order valence-electron chi connectivity index (χ4n) is 7.65. The molecule has 0 bridgehead atoms. The van der Waals surface area contributed by atoms with Crippen LogP contribution in [0.25, 0.3) is 0 Å². The third-order valence-electron chi connectivity index (χ3n) is 11.9. The highest BCUT2D eigenvalue weighted by molar-refractivity contribution is 7.45. The summed E-state index contributed by atoms with van der Waals surface area (Å²) in [5.74, 6) is -0.826. The molecule has 9 nitrogen and oxygen atoms in total. The van der Waals surface area contributed by atoms with Crippen molar-refractivity contribution >= 4 is 19.8 Å². The molecule has 0 rings (SSSR count). The maximum Gasteiger partial charge on any atom is 0.306 e. The van der Waals surface area contributed by atoms with Crippen molar-refractivity contribution in [3.63, 3.8) is 0 Å². The van der Waals surface area contributed by atoms with Crippen LogP contribution < -0.4 is 4.89 Å². The summed E-state index contributed by atoms with van der Waals surface area (Å²) in [6.07, 6.45) is 58.6. The Balaban J connectivity index is 4.18. The summed E-state index contributed by atoms with van der Waals surface area (Å²) < 4.78 is 34.1. The number of quaternary nitrogens is 1. The van der Waals surface area contributed by atoms with Gasteiger partial charge in [0.15, 0.2) is 6.10 Å². The maximum absolute atomic E-state index is 12.8. The molecule has 0 aliphatic rings. The van der Waals surface area contributed by atoms with Crippen molar-refractivity contribution in [3.05, 3.63) is 48.6 Å². The van der Waals surface area contributed by atoms with E-state index in [0.717, 1.165) is 64.2 Å². The number of likely N-dealkylation sites (N-methyl/N-ethyl adjacent to an activating group) is 1. The molecule has 0 aliphatic carbocycles. The van der Waals surface area contributed by atoms with E-state index >= 15 is 0 Å². The molecule has 0 radical (unpaired) electrons. The Morgan fingerprint density at radius 2 is 0.864 bits per heavy atom. The van der Waals surface area contributed by atoms with Gasteiger partial charge in [0, 0.05) is 12.8 Å². The lowest BCUT2D eigenvalue weighted by Crippen LogP contribution is -2.37. The Morgan fingerprint density at radius 1 is 0.485 bits per heavy atom. The van der Waals surface area contributed by atoms with E-state index in [2.05, 4.69) is 62.5 Å². The summed E-state index contributed by atoms with van der Waals surface area (Å²) >= 11 is 0. The van der Waals surface area contributed by atoms with Gasteiger partial charge in [-0.1, -0.05) is 229 Å². The Labute approximate surface area is 407 Å². The number of unbranched alkanes of at least 4 members (excludes halogenated alkanes) is 28. The lowest BCUT2D eigenvalue weighted by atomic mass is 10.0. The van der Waals surface area contributed by atoms with Crippen LogP contribution in [0, 0.1) is 0 Å². The zero-order valence-corrected chi connectivity index (χ0v) is 44.5. The maximum atomic E-state index is 12.8. The van der Waals surface area contributed by atoms with Crippen LogP contribution in [0.5, 0.6) is 0 Å². The number of hydrogen-bond donors (Lipinski definition) is 0. The minimum absolute atomic E-state index is 0.0305. The molecular formula is C56H104NO8P. The SMILES string of the molecule is CC/C=C\C/C=C\C/C=C\C/C=C\CCCCCCCCCCCCCCC(=O)OC(COC(=O)CCCCCCCCCCCCCCCCCCC)COP(=O)([O-])OCC[N+](C)(C)C. The van der Waals surface area contributed by atoms with Crippen molar-refractivity contribution in [2.75, 3.05) is 47.5 Å². The molecule has 0 N–H and O–H groups in total. The molecule has 66 heavy (non-hydrogen) atoms. The van der Waals surface area contributed by atoms with Crippen LogP contribution >= 0.6 is 7.82 Å². The first kappa shape index (κ1) is 64.0. The normalized spacial score (nSPS) is 13.7. The zero-order chi connectivity index (χ0) is 48.5. The van der Waals surface area contributed by atoms with Crippen molar-refractivity contribution in [3.8, 4) is 0 Å². The number of allylic oxidation sites excluding steroid dienone is 8. The Kier molecular flexibility index (Phi) is 46.5. The second kappa shape index (κ2) is 48.0. The van der Waals surface area contributed by atoms with Crippen LogP contribution in [-0.2, 0) is 32.7 Å². The molecule has 0 spiro atoms. The molecule has 386 valence electrons. The molecule has 0 aromatic heterocycles. The summed E-state index contributed by atoms with van der Waals surface area (Å²) in [6.45, 7) is 4.15. The molecule has 0 fully saturated rings. The van der Waals surface area contributed by atoms with Crippen molar-refractivity contribution < 1.29 is 42.1 Å². The predicted molar refractivity (Wildman–Crippen MR) is 277 cm³/mol. The minimum atomic E-state index is -4.63. The fraction of sp³-hybridized carbons (Fsp3) is 0.821. The summed E-state index contributed by atoms with van der Waals surface area (Å²) in [4.78, 5) is 37.8. The van der Waals surface area contributed by atoms with Gasteiger partial charge in [0.1, 0.15) is 19.8 Å². The lowest BCUT2D eigenvalue weighted by molar-refractivity contribution is -0.870. The summed E-state index contributed by atoms with van der Waals surface area (Å²) in [7, 11) is 1.17. The molecule has 0 aromatic rings. The Hall–Kier alpha value is -2.03. The van der Waals surface area contributed by atoms with Crippen molar-refractivity contribution in [2.45, 2.75) is 251 Å². The van der Waals surface area contributed by atoms with E-state index in [9.17, 15) is 19.0 Å². The highest BCUT2D eigenvalue weighted by Gasteiger charge is 2.21. The Morgan fingerprint density at radius 3 is 1.29 bits per heavy atom. The molecule has 0 saturated heterocycles. The number of phosphoric acid groups is 1. The molecule has 0 aliphatic heterocycles. The molecule has 2 atom stereocenters. The van der Waals surface area contributed by atoms with Crippen LogP contribution in [0.2, 0.25) is 0 Å². The van der Waals surface area contributed by atoms with E-state index in [4.69, 9.17) is 18.5 Å². The van der Waals surface area contributed by atoms with E-state index < -0.39 is 26.5 Å². The number of esters is 2.